The van der Waals surface area contributed by atoms with E-state index in [0.29, 0.717) is 17.8 Å². The highest BCUT2D eigenvalue weighted by molar-refractivity contribution is 5.06. The Morgan fingerprint density at radius 2 is 2.23 bits per heavy atom. The van der Waals surface area contributed by atoms with E-state index >= 15 is 0 Å². The molecule has 2 aliphatic rings. The van der Waals surface area contributed by atoms with Crippen LogP contribution in [0.25, 0.3) is 0 Å². The first kappa shape index (κ1) is 13.9. The van der Waals surface area contributed by atoms with Crippen LogP contribution in [0.2, 0.25) is 0 Å². The molecule has 7 heteroatoms. The van der Waals surface area contributed by atoms with Crippen LogP contribution in [-0.4, -0.2) is 43.5 Å². The van der Waals surface area contributed by atoms with Crippen LogP contribution in [-0.2, 0) is 18.3 Å². The number of hydrogen-bond acceptors (Lipinski definition) is 6. The molecule has 4 heterocycles. The molecular formula is C15H21N5O2. The van der Waals surface area contributed by atoms with Gasteiger partial charge in [0, 0.05) is 37.9 Å². The first-order valence-electron chi connectivity index (χ1n) is 7.86. The Morgan fingerprint density at radius 3 is 2.95 bits per heavy atom. The molecule has 2 fully saturated rings. The second-order valence-electron chi connectivity index (χ2n) is 6.27. The lowest BCUT2D eigenvalue weighted by Crippen LogP contribution is -2.40. The van der Waals surface area contributed by atoms with Gasteiger partial charge in [0.1, 0.15) is 6.10 Å². The topological polar surface area (TPSA) is 69.2 Å². The molecule has 0 aliphatic carbocycles. The highest BCUT2D eigenvalue weighted by Crippen LogP contribution is 2.37. The average molecular weight is 303 g/mol. The van der Waals surface area contributed by atoms with Gasteiger partial charge in [-0.05, 0) is 26.2 Å². The monoisotopic (exact) mass is 303 g/mol. The molecule has 0 bridgehead atoms. The molecule has 0 spiro atoms. The SMILES string of the molecule is Cc1noc([C@@H]2CC[C@@H]3[C@@H](CCN3Cc3cnn(C)c3)O2)n1. The van der Waals surface area contributed by atoms with E-state index in [1.807, 2.05) is 24.9 Å². The Bertz CT molecular complexity index is 652. The number of likely N-dealkylation sites (tertiary alicyclic amines) is 1. The molecule has 7 nitrogen and oxygen atoms in total. The van der Waals surface area contributed by atoms with Gasteiger partial charge in [-0.1, -0.05) is 5.16 Å². The van der Waals surface area contributed by atoms with Gasteiger partial charge < -0.3 is 9.26 Å². The summed E-state index contributed by atoms with van der Waals surface area (Å²) in [5, 5.41) is 8.11. The summed E-state index contributed by atoms with van der Waals surface area (Å²) in [7, 11) is 1.96. The summed E-state index contributed by atoms with van der Waals surface area (Å²) in [5.74, 6) is 1.30. The predicted molar refractivity (Wildman–Crippen MR) is 77.9 cm³/mol. The Labute approximate surface area is 129 Å². The van der Waals surface area contributed by atoms with E-state index in [4.69, 9.17) is 9.26 Å². The largest absolute Gasteiger partial charge is 0.363 e. The van der Waals surface area contributed by atoms with Gasteiger partial charge in [0.05, 0.1) is 12.3 Å². The zero-order chi connectivity index (χ0) is 15.1. The molecule has 2 aliphatic heterocycles. The molecule has 0 amide bonds. The standard InChI is InChI=1S/C15H21N5O2/c1-10-17-15(22-18-10)14-4-3-12-13(21-14)5-6-20(12)9-11-7-16-19(2)8-11/h7-8,12-14H,3-6,9H2,1-2H3/t12-,13-,14+/m1/s1. The van der Waals surface area contributed by atoms with Crippen LogP contribution in [0.3, 0.4) is 0 Å². The Balaban J connectivity index is 1.41. The molecule has 0 unspecified atom stereocenters. The Morgan fingerprint density at radius 1 is 1.32 bits per heavy atom. The third kappa shape index (κ3) is 2.55. The molecule has 2 aromatic heterocycles. The van der Waals surface area contributed by atoms with Crippen molar-refractivity contribution < 1.29 is 9.26 Å². The quantitative estimate of drug-likeness (QED) is 0.858. The van der Waals surface area contributed by atoms with E-state index in [2.05, 4.69) is 26.3 Å². The lowest BCUT2D eigenvalue weighted by atomic mass is 9.99. The summed E-state index contributed by atoms with van der Waals surface area (Å²) >= 11 is 0. The smallest absolute Gasteiger partial charge is 0.255 e. The van der Waals surface area contributed by atoms with Gasteiger partial charge >= 0.3 is 0 Å². The van der Waals surface area contributed by atoms with Gasteiger partial charge in [-0.3, -0.25) is 9.58 Å². The van der Waals surface area contributed by atoms with Crippen LogP contribution in [0.15, 0.2) is 16.9 Å². The number of fused-ring (bicyclic) bond motifs is 1. The maximum Gasteiger partial charge on any atom is 0.255 e. The molecule has 118 valence electrons. The predicted octanol–water partition coefficient (Wildman–Crippen LogP) is 1.61. The fourth-order valence-corrected chi connectivity index (χ4v) is 3.62. The first-order valence-corrected chi connectivity index (χ1v) is 7.86. The molecule has 4 rings (SSSR count). The van der Waals surface area contributed by atoms with Gasteiger partial charge in [0.2, 0.25) is 0 Å². The van der Waals surface area contributed by atoms with E-state index in [-0.39, 0.29) is 12.2 Å². The third-order valence-corrected chi connectivity index (χ3v) is 4.63. The van der Waals surface area contributed by atoms with Crippen LogP contribution in [0.4, 0.5) is 0 Å². The lowest BCUT2D eigenvalue weighted by molar-refractivity contribution is -0.0831. The molecule has 0 aromatic carbocycles. The molecule has 2 saturated heterocycles. The maximum absolute atomic E-state index is 6.22. The van der Waals surface area contributed by atoms with Crippen LogP contribution in [0.5, 0.6) is 0 Å². The molecule has 3 atom stereocenters. The van der Waals surface area contributed by atoms with Gasteiger partial charge in [0.15, 0.2) is 5.82 Å². The normalized spacial score (nSPS) is 28.9. The van der Waals surface area contributed by atoms with Crippen molar-refractivity contribution in [2.45, 2.75) is 51.0 Å². The number of rotatable bonds is 3. The molecule has 0 saturated carbocycles. The maximum atomic E-state index is 6.22. The minimum Gasteiger partial charge on any atom is -0.363 e. The fourth-order valence-electron chi connectivity index (χ4n) is 3.62. The summed E-state index contributed by atoms with van der Waals surface area (Å²) in [5.41, 5.74) is 1.26. The minimum absolute atomic E-state index is 0.0409. The van der Waals surface area contributed by atoms with E-state index in [0.717, 1.165) is 32.4 Å². The molecular weight excluding hydrogens is 282 g/mol. The van der Waals surface area contributed by atoms with E-state index in [1.54, 1.807) is 0 Å². The fraction of sp³-hybridized carbons (Fsp3) is 0.667. The lowest BCUT2D eigenvalue weighted by Gasteiger charge is -2.34. The summed E-state index contributed by atoms with van der Waals surface area (Å²) in [6, 6.07) is 0.487. The van der Waals surface area contributed by atoms with Crippen molar-refractivity contribution in [3.8, 4) is 0 Å². The first-order chi connectivity index (χ1) is 10.7. The number of aromatic nitrogens is 4. The molecule has 0 radical (unpaired) electrons. The van der Waals surface area contributed by atoms with Crippen LogP contribution >= 0.6 is 0 Å². The number of ether oxygens (including phenoxy) is 1. The van der Waals surface area contributed by atoms with E-state index < -0.39 is 0 Å². The zero-order valence-corrected chi connectivity index (χ0v) is 13.0. The second-order valence-corrected chi connectivity index (χ2v) is 6.27. The van der Waals surface area contributed by atoms with Crippen LogP contribution < -0.4 is 0 Å². The second kappa shape index (κ2) is 5.48. The van der Waals surface area contributed by atoms with E-state index in [1.165, 1.54) is 5.56 Å². The number of aryl methyl sites for hydroxylation is 2. The van der Waals surface area contributed by atoms with Crippen molar-refractivity contribution in [1.29, 1.82) is 0 Å². The molecule has 22 heavy (non-hydrogen) atoms. The van der Waals surface area contributed by atoms with Crippen LogP contribution in [0.1, 0.15) is 42.6 Å². The van der Waals surface area contributed by atoms with E-state index in [9.17, 15) is 0 Å². The van der Waals surface area contributed by atoms with Gasteiger partial charge in [-0.15, -0.1) is 0 Å². The van der Waals surface area contributed by atoms with Crippen molar-refractivity contribution in [2.24, 2.45) is 7.05 Å². The van der Waals surface area contributed by atoms with Gasteiger partial charge in [-0.25, -0.2) is 0 Å². The van der Waals surface area contributed by atoms with Gasteiger partial charge in [0.25, 0.3) is 5.89 Å². The van der Waals surface area contributed by atoms with Crippen molar-refractivity contribution in [1.82, 2.24) is 24.8 Å². The molecule has 2 aromatic rings. The van der Waals surface area contributed by atoms with Gasteiger partial charge in [-0.2, -0.15) is 10.1 Å². The van der Waals surface area contributed by atoms with Crippen molar-refractivity contribution in [3.63, 3.8) is 0 Å². The minimum atomic E-state index is -0.0409. The number of nitrogens with zero attached hydrogens (tertiary/aromatic N) is 5. The highest BCUT2D eigenvalue weighted by Gasteiger charge is 2.41. The summed E-state index contributed by atoms with van der Waals surface area (Å²) in [6.07, 6.45) is 7.36. The zero-order valence-electron chi connectivity index (χ0n) is 13.0. The van der Waals surface area contributed by atoms with Crippen molar-refractivity contribution >= 4 is 0 Å². The summed E-state index contributed by atoms with van der Waals surface area (Å²) in [4.78, 5) is 6.82. The van der Waals surface area contributed by atoms with Crippen molar-refractivity contribution in [2.75, 3.05) is 6.54 Å². The summed E-state index contributed by atoms with van der Waals surface area (Å²) < 4.78 is 13.3. The Hall–Kier alpha value is -1.73. The third-order valence-electron chi connectivity index (χ3n) is 4.63. The number of hydrogen-bond donors (Lipinski definition) is 0. The Kier molecular flexibility index (Phi) is 3.46. The van der Waals surface area contributed by atoms with Crippen LogP contribution in [0, 0.1) is 6.92 Å². The highest BCUT2D eigenvalue weighted by atomic mass is 16.5. The average Bonchev–Trinajstić information content (AvgIpc) is 3.21. The summed E-state index contributed by atoms with van der Waals surface area (Å²) in [6.45, 7) is 3.85. The van der Waals surface area contributed by atoms with Crippen molar-refractivity contribution in [3.05, 3.63) is 29.7 Å². The molecule has 0 N–H and O–H groups in total.